The van der Waals surface area contributed by atoms with Crippen molar-refractivity contribution in [2.45, 2.75) is 32.9 Å². The van der Waals surface area contributed by atoms with Crippen molar-refractivity contribution in [3.63, 3.8) is 0 Å². The quantitative estimate of drug-likeness (QED) is 0.477. The van der Waals surface area contributed by atoms with Crippen LogP contribution in [0.2, 0.25) is 0 Å². The van der Waals surface area contributed by atoms with E-state index in [2.05, 4.69) is 5.32 Å². The molecule has 6 heteroatoms. The highest BCUT2D eigenvalue weighted by Gasteiger charge is 2.49. The predicted octanol–water partition coefficient (Wildman–Crippen LogP) is 4.41. The van der Waals surface area contributed by atoms with Gasteiger partial charge in [0.25, 0.3) is 5.91 Å². The van der Waals surface area contributed by atoms with Crippen molar-refractivity contribution in [2.75, 3.05) is 6.61 Å². The first-order chi connectivity index (χ1) is 14.8. The van der Waals surface area contributed by atoms with E-state index in [0.29, 0.717) is 23.5 Å². The Morgan fingerprint density at radius 2 is 1.77 bits per heavy atom. The number of ketones is 1. The van der Waals surface area contributed by atoms with Gasteiger partial charge in [-0.2, -0.15) is 0 Å². The Kier molecular flexibility index (Phi) is 5.23. The standard InChI is InChI=1S/C25H24N2O4/c1-4-31-22-12-10-18(16(2)28)13-20(22)15-27-23(29)25(3,26-24(27)30)21-11-9-17-7-5-6-8-19(17)14-21/h5-14H,4,15H2,1-3H3,(H,26,30). The van der Waals surface area contributed by atoms with Crippen LogP contribution in [0, 0.1) is 0 Å². The van der Waals surface area contributed by atoms with Gasteiger partial charge in [0, 0.05) is 11.1 Å². The lowest BCUT2D eigenvalue weighted by Crippen LogP contribution is -2.40. The van der Waals surface area contributed by atoms with Gasteiger partial charge < -0.3 is 10.1 Å². The topological polar surface area (TPSA) is 75.7 Å². The van der Waals surface area contributed by atoms with Gasteiger partial charge in [-0.25, -0.2) is 4.79 Å². The maximum atomic E-state index is 13.4. The van der Waals surface area contributed by atoms with E-state index in [1.165, 1.54) is 11.8 Å². The van der Waals surface area contributed by atoms with Crippen molar-refractivity contribution in [1.82, 2.24) is 10.2 Å². The van der Waals surface area contributed by atoms with Gasteiger partial charge in [0.2, 0.25) is 0 Å². The molecule has 1 fully saturated rings. The van der Waals surface area contributed by atoms with Gasteiger partial charge in [-0.05, 0) is 61.4 Å². The zero-order chi connectivity index (χ0) is 22.2. The zero-order valence-corrected chi connectivity index (χ0v) is 17.8. The lowest BCUT2D eigenvalue weighted by Gasteiger charge is -2.23. The fourth-order valence-corrected chi connectivity index (χ4v) is 3.93. The summed E-state index contributed by atoms with van der Waals surface area (Å²) in [4.78, 5) is 39.2. The van der Waals surface area contributed by atoms with Crippen LogP contribution in [0.15, 0.2) is 60.7 Å². The number of urea groups is 1. The van der Waals surface area contributed by atoms with E-state index in [-0.39, 0.29) is 18.2 Å². The number of benzene rings is 3. The number of Topliss-reactive ketones (excluding diaryl/α,β-unsaturated/α-hetero) is 1. The van der Waals surface area contributed by atoms with Gasteiger partial charge in [-0.3, -0.25) is 14.5 Å². The molecule has 31 heavy (non-hydrogen) atoms. The second-order valence-electron chi connectivity index (χ2n) is 7.82. The summed E-state index contributed by atoms with van der Waals surface area (Å²) in [6.45, 7) is 5.50. The summed E-state index contributed by atoms with van der Waals surface area (Å²) in [6, 6.07) is 18.2. The number of rotatable bonds is 6. The average molecular weight is 416 g/mol. The molecule has 0 bridgehead atoms. The summed E-state index contributed by atoms with van der Waals surface area (Å²) >= 11 is 0. The number of carbonyl (C=O) groups is 3. The first-order valence-electron chi connectivity index (χ1n) is 10.2. The van der Waals surface area contributed by atoms with Gasteiger partial charge in [-0.15, -0.1) is 0 Å². The second-order valence-corrected chi connectivity index (χ2v) is 7.82. The minimum absolute atomic E-state index is 0.0181. The van der Waals surface area contributed by atoms with Crippen molar-refractivity contribution in [3.8, 4) is 5.75 Å². The minimum Gasteiger partial charge on any atom is -0.494 e. The maximum absolute atomic E-state index is 13.4. The molecule has 4 rings (SSSR count). The van der Waals surface area contributed by atoms with E-state index in [9.17, 15) is 14.4 Å². The number of amides is 3. The van der Waals surface area contributed by atoms with Crippen molar-refractivity contribution in [2.24, 2.45) is 0 Å². The Balaban J connectivity index is 1.68. The van der Waals surface area contributed by atoms with E-state index in [0.717, 1.165) is 16.3 Å². The molecule has 1 atom stereocenters. The van der Waals surface area contributed by atoms with Gasteiger partial charge >= 0.3 is 6.03 Å². The number of nitrogens with zero attached hydrogens (tertiary/aromatic N) is 1. The first-order valence-corrected chi connectivity index (χ1v) is 10.2. The number of nitrogens with one attached hydrogen (secondary N) is 1. The highest BCUT2D eigenvalue weighted by atomic mass is 16.5. The Labute approximate surface area is 180 Å². The van der Waals surface area contributed by atoms with Crippen molar-refractivity contribution in [1.29, 1.82) is 0 Å². The molecule has 3 aromatic rings. The molecular weight excluding hydrogens is 392 g/mol. The monoisotopic (exact) mass is 416 g/mol. The molecule has 0 saturated carbocycles. The maximum Gasteiger partial charge on any atom is 0.325 e. The molecule has 1 heterocycles. The van der Waals surface area contributed by atoms with Gasteiger partial charge in [0.1, 0.15) is 11.3 Å². The smallest absolute Gasteiger partial charge is 0.325 e. The lowest BCUT2D eigenvalue weighted by molar-refractivity contribution is -0.131. The summed E-state index contributed by atoms with van der Waals surface area (Å²) in [5, 5.41) is 4.91. The first kappa shape index (κ1) is 20.6. The Hall–Kier alpha value is -3.67. The number of hydrogen-bond acceptors (Lipinski definition) is 4. The SMILES string of the molecule is CCOc1ccc(C(C)=O)cc1CN1C(=O)NC(C)(c2ccc3ccccc3c2)C1=O. The predicted molar refractivity (Wildman–Crippen MR) is 118 cm³/mol. The third-order valence-corrected chi connectivity index (χ3v) is 5.70. The van der Waals surface area contributed by atoms with Crippen LogP contribution >= 0.6 is 0 Å². The van der Waals surface area contributed by atoms with Crippen LogP contribution < -0.4 is 10.1 Å². The van der Waals surface area contributed by atoms with E-state index in [1.54, 1.807) is 25.1 Å². The summed E-state index contributed by atoms with van der Waals surface area (Å²) in [5.74, 6) is 0.110. The fraction of sp³-hybridized carbons (Fsp3) is 0.240. The summed E-state index contributed by atoms with van der Waals surface area (Å²) < 4.78 is 5.66. The minimum atomic E-state index is -1.18. The number of carbonyl (C=O) groups excluding carboxylic acids is 3. The summed E-state index contributed by atoms with van der Waals surface area (Å²) in [7, 11) is 0. The van der Waals surface area contributed by atoms with E-state index in [4.69, 9.17) is 4.74 Å². The largest absolute Gasteiger partial charge is 0.494 e. The number of imide groups is 1. The van der Waals surface area contributed by atoms with Gasteiger partial charge in [0.05, 0.1) is 13.2 Å². The molecule has 3 aromatic carbocycles. The summed E-state index contributed by atoms with van der Waals surface area (Å²) in [5.41, 5.74) is 0.656. The van der Waals surface area contributed by atoms with E-state index in [1.807, 2.05) is 49.4 Å². The molecule has 1 saturated heterocycles. The Morgan fingerprint density at radius 3 is 2.48 bits per heavy atom. The molecule has 6 nitrogen and oxygen atoms in total. The van der Waals surface area contributed by atoms with Crippen molar-refractivity contribution < 1.29 is 19.1 Å². The number of fused-ring (bicyclic) bond motifs is 1. The van der Waals surface area contributed by atoms with Gasteiger partial charge in [-0.1, -0.05) is 36.4 Å². The molecule has 1 N–H and O–H groups in total. The molecular formula is C25H24N2O4. The Bertz CT molecular complexity index is 1200. The van der Waals surface area contributed by atoms with Crippen LogP contribution in [-0.2, 0) is 16.9 Å². The molecule has 0 spiro atoms. The van der Waals surface area contributed by atoms with E-state index >= 15 is 0 Å². The third kappa shape index (κ3) is 3.65. The zero-order valence-electron chi connectivity index (χ0n) is 17.8. The van der Waals surface area contributed by atoms with Crippen LogP contribution in [0.1, 0.15) is 42.3 Å². The van der Waals surface area contributed by atoms with E-state index < -0.39 is 11.6 Å². The average Bonchev–Trinajstić information content (AvgIpc) is 2.98. The number of ether oxygens (including phenoxy) is 1. The highest BCUT2D eigenvalue weighted by molar-refractivity contribution is 6.07. The number of hydrogen-bond donors (Lipinski definition) is 1. The molecule has 0 radical (unpaired) electrons. The second kappa shape index (κ2) is 7.87. The molecule has 0 aliphatic carbocycles. The van der Waals surface area contributed by atoms with Crippen LogP contribution in [0.4, 0.5) is 4.79 Å². The van der Waals surface area contributed by atoms with Crippen LogP contribution in [0.25, 0.3) is 10.8 Å². The van der Waals surface area contributed by atoms with Crippen LogP contribution in [0.5, 0.6) is 5.75 Å². The highest BCUT2D eigenvalue weighted by Crippen LogP contribution is 2.33. The molecule has 158 valence electrons. The Morgan fingerprint density at radius 1 is 1.03 bits per heavy atom. The third-order valence-electron chi connectivity index (χ3n) is 5.70. The van der Waals surface area contributed by atoms with Crippen molar-refractivity contribution >= 4 is 28.5 Å². The molecule has 3 amide bonds. The fourth-order valence-electron chi connectivity index (χ4n) is 3.93. The van der Waals surface area contributed by atoms with Crippen LogP contribution in [0.3, 0.4) is 0 Å². The molecule has 1 aliphatic rings. The normalized spacial score (nSPS) is 18.4. The summed E-state index contributed by atoms with van der Waals surface area (Å²) in [6.07, 6.45) is 0. The molecule has 1 aliphatic heterocycles. The van der Waals surface area contributed by atoms with Crippen molar-refractivity contribution in [3.05, 3.63) is 77.4 Å². The van der Waals surface area contributed by atoms with Gasteiger partial charge in [0.15, 0.2) is 5.78 Å². The van der Waals surface area contributed by atoms with Crippen LogP contribution in [-0.4, -0.2) is 29.2 Å². The lowest BCUT2D eigenvalue weighted by atomic mass is 9.90. The molecule has 1 unspecified atom stereocenters. The molecule has 0 aromatic heterocycles.